The van der Waals surface area contributed by atoms with Gasteiger partial charge in [-0.25, -0.2) is 4.79 Å². The quantitative estimate of drug-likeness (QED) is 0.920. The number of hydrogen-bond donors (Lipinski definition) is 1. The number of benzene rings is 1. The van der Waals surface area contributed by atoms with Gasteiger partial charge in [-0.2, -0.15) is 13.2 Å². The van der Waals surface area contributed by atoms with Crippen LogP contribution in [-0.2, 0) is 17.5 Å². The van der Waals surface area contributed by atoms with E-state index in [0.29, 0.717) is 18.7 Å². The molecule has 0 atom stereocenters. The molecule has 1 heterocycles. The first-order chi connectivity index (χ1) is 10.3. The van der Waals surface area contributed by atoms with Crippen LogP contribution in [0.15, 0.2) is 24.3 Å². The molecule has 1 aliphatic heterocycles. The molecule has 1 fully saturated rings. The average molecular weight is 315 g/mol. The average Bonchev–Trinajstić information content (AvgIpc) is 2.84. The van der Waals surface area contributed by atoms with Gasteiger partial charge < -0.3 is 5.32 Å². The van der Waals surface area contributed by atoms with E-state index in [1.165, 1.54) is 6.07 Å². The number of halogens is 3. The zero-order valence-corrected chi connectivity index (χ0v) is 12.0. The summed E-state index contributed by atoms with van der Waals surface area (Å²) in [6.45, 7) is 0.881. The molecule has 1 aromatic rings. The summed E-state index contributed by atoms with van der Waals surface area (Å²) in [5.41, 5.74) is -0.264. The van der Waals surface area contributed by atoms with Crippen molar-refractivity contribution >= 4 is 11.9 Å². The van der Waals surface area contributed by atoms with E-state index in [-0.39, 0.29) is 19.0 Å². The van der Waals surface area contributed by atoms with Gasteiger partial charge in [0.05, 0.1) is 12.1 Å². The second kappa shape index (κ2) is 6.35. The number of carbonyl (C=O) groups excluding carboxylic acids is 2. The summed E-state index contributed by atoms with van der Waals surface area (Å²) in [7, 11) is 1.62. The summed E-state index contributed by atoms with van der Waals surface area (Å²) >= 11 is 0. The van der Waals surface area contributed by atoms with Crippen LogP contribution in [-0.4, -0.2) is 48.4 Å². The van der Waals surface area contributed by atoms with Gasteiger partial charge in [0, 0.05) is 19.6 Å². The number of likely N-dealkylation sites (N-methyl/N-ethyl adjacent to an activating group) is 1. The highest BCUT2D eigenvalue weighted by Gasteiger charge is 2.30. The predicted octanol–water partition coefficient (Wildman–Crippen LogP) is 1.69. The second-order valence-corrected chi connectivity index (χ2v) is 5.15. The smallest absolute Gasteiger partial charge is 0.336 e. The maximum atomic E-state index is 12.6. The van der Waals surface area contributed by atoms with Crippen LogP contribution in [0.25, 0.3) is 0 Å². The van der Waals surface area contributed by atoms with E-state index in [0.717, 1.165) is 17.0 Å². The Bertz CT molecular complexity index is 575. The Labute approximate surface area is 125 Å². The Kier molecular flexibility index (Phi) is 4.70. The summed E-state index contributed by atoms with van der Waals surface area (Å²) < 4.78 is 37.9. The van der Waals surface area contributed by atoms with Crippen molar-refractivity contribution in [2.75, 3.05) is 26.7 Å². The first-order valence-electron chi connectivity index (χ1n) is 6.70. The molecule has 120 valence electrons. The van der Waals surface area contributed by atoms with E-state index in [1.54, 1.807) is 18.0 Å². The van der Waals surface area contributed by atoms with E-state index in [1.807, 2.05) is 0 Å². The minimum absolute atomic E-state index is 0.0380. The third kappa shape index (κ3) is 3.97. The minimum Gasteiger partial charge on any atom is -0.336 e. The summed E-state index contributed by atoms with van der Waals surface area (Å²) in [6, 6.07) is 4.53. The number of hydrogen-bond acceptors (Lipinski definition) is 3. The highest BCUT2D eigenvalue weighted by Crippen LogP contribution is 2.29. The number of amides is 3. The first kappa shape index (κ1) is 16.3. The lowest BCUT2D eigenvalue weighted by atomic mass is 10.1. The molecule has 0 saturated carbocycles. The number of urea groups is 1. The number of carbonyl (C=O) groups is 2. The van der Waals surface area contributed by atoms with Gasteiger partial charge in [-0.05, 0) is 18.7 Å². The van der Waals surface area contributed by atoms with Crippen LogP contribution in [0.1, 0.15) is 11.1 Å². The number of nitrogens with zero attached hydrogens (tertiary/aromatic N) is 2. The van der Waals surface area contributed by atoms with E-state index in [2.05, 4.69) is 5.32 Å². The van der Waals surface area contributed by atoms with Gasteiger partial charge >= 0.3 is 12.2 Å². The van der Waals surface area contributed by atoms with Crippen molar-refractivity contribution in [2.45, 2.75) is 12.7 Å². The lowest BCUT2D eigenvalue weighted by Gasteiger charge is -2.20. The van der Waals surface area contributed by atoms with Crippen LogP contribution < -0.4 is 5.32 Å². The molecule has 3 amide bonds. The van der Waals surface area contributed by atoms with E-state index in [4.69, 9.17) is 0 Å². The summed E-state index contributed by atoms with van der Waals surface area (Å²) in [5, 5.41) is 2.52. The molecule has 0 aromatic heterocycles. The van der Waals surface area contributed by atoms with Crippen LogP contribution in [0, 0.1) is 0 Å². The van der Waals surface area contributed by atoms with Crippen LogP contribution in [0.3, 0.4) is 0 Å². The van der Waals surface area contributed by atoms with Crippen LogP contribution in [0.4, 0.5) is 18.0 Å². The molecular formula is C14H16F3N3O2. The van der Waals surface area contributed by atoms with Crippen LogP contribution >= 0.6 is 0 Å². The van der Waals surface area contributed by atoms with Crippen molar-refractivity contribution in [1.29, 1.82) is 0 Å². The maximum Gasteiger partial charge on any atom is 0.416 e. The normalized spacial score (nSPS) is 15.3. The van der Waals surface area contributed by atoms with Gasteiger partial charge in [0.1, 0.15) is 0 Å². The minimum atomic E-state index is -4.39. The SMILES string of the molecule is CN(CC(=O)N1CCNC1=O)Cc1cccc(C(F)(F)F)c1. The molecule has 1 saturated heterocycles. The molecular weight excluding hydrogens is 299 g/mol. The Morgan fingerprint density at radius 1 is 1.41 bits per heavy atom. The van der Waals surface area contributed by atoms with Crippen molar-refractivity contribution in [3.05, 3.63) is 35.4 Å². The van der Waals surface area contributed by atoms with E-state index in [9.17, 15) is 22.8 Å². The highest BCUT2D eigenvalue weighted by atomic mass is 19.4. The van der Waals surface area contributed by atoms with Crippen LogP contribution in [0.5, 0.6) is 0 Å². The summed E-state index contributed by atoms with van der Waals surface area (Å²) in [4.78, 5) is 26.0. The molecule has 1 N–H and O–H groups in total. The van der Waals surface area contributed by atoms with Crippen molar-refractivity contribution in [3.8, 4) is 0 Å². The second-order valence-electron chi connectivity index (χ2n) is 5.15. The monoisotopic (exact) mass is 315 g/mol. The molecule has 0 spiro atoms. The van der Waals surface area contributed by atoms with Crippen LogP contribution in [0.2, 0.25) is 0 Å². The lowest BCUT2D eigenvalue weighted by Crippen LogP contribution is -2.40. The van der Waals surface area contributed by atoms with Gasteiger partial charge in [0.2, 0.25) is 5.91 Å². The zero-order valence-electron chi connectivity index (χ0n) is 12.0. The summed E-state index contributed by atoms with van der Waals surface area (Å²) in [5.74, 6) is -0.371. The largest absolute Gasteiger partial charge is 0.416 e. The summed E-state index contributed by atoms with van der Waals surface area (Å²) in [6.07, 6.45) is -4.39. The predicted molar refractivity (Wildman–Crippen MR) is 72.9 cm³/mol. The van der Waals surface area contributed by atoms with E-state index >= 15 is 0 Å². The molecule has 0 unspecified atom stereocenters. The van der Waals surface area contributed by atoms with Gasteiger partial charge in [-0.15, -0.1) is 0 Å². The maximum absolute atomic E-state index is 12.6. The molecule has 0 aliphatic carbocycles. The third-order valence-corrected chi connectivity index (χ3v) is 3.27. The Balaban J connectivity index is 1.96. The molecule has 1 aromatic carbocycles. The molecule has 8 heteroatoms. The van der Waals surface area contributed by atoms with Crippen molar-refractivity contribution < 1.29 is 22.8 Å². The first-order valence-corrected chi connectivity index (χ1v) is 6.70. The van der Waals surface area contributed by atoms with Gasteiger partial charge in [0.15, 0.2) is 0 Å². The lowest BCUT2D eigenvalue weighted by molar-refractivity contribution is -0.137. The Morgan fingerprint density at radius 2 is 2.14 bits per heavy atom. The molecule has 5 nitrogen and oxygen atoms in total. The molecule has 2 rings (SSSR count). The highest BCUT2D eigenvalue weighted by molar-refractivity contribution is 5.96. The van der Waals surface area contributed by atoms with E-state index < -0.39 is 17.8 Å². The van der Waals surface area contributed by atoms with Crippen molar-refractivity contribution in [1.82, 2.24) is 15.1 Å². The fourth-order valence-electron chi connectivity index (χ4n) is 2.24. The van der Waals surface area contributed by atoms with Gasteiger partial charge in [-0.3, -0.25) is 14.6 Å². The van der Waals surface area contributed by atoms with Crippen molar-refractivity contribution in [3.63, 3.8) is 0 Å². The molecule has 0 bridgehead atoms. The number of nitrogens with one attached hydrogen (secondary N) is 1. The fourth-order valence-corrected chi connectivity index (χ4v) is 2.24. The van der Waals surface area contributed by atoms with Crippen molar-refractivity contribution in [2.24, 2.45) is 0 Å². The molecule has 1 aliphatic rings. The number of rotatable bonds is 4. The standard InChI is InChI=1S/C14H16F3N3O2/c1-19(9-12(21)20-6-5-18-13(20)22)8-10-3-2-4-11(7-10)14(15,16)17/h2-4,7H,5-6,8-9H2,1H3,(H,18,22). The molecule has 22 heavy (non-hydrogen) atoms. The number of imide groups is 1. The zero-order chi connectivity index (χ0) is 16.3. The third-order valence-electron chi connectivity index (χ3n) is 3.27. The van der Waals surface area contributed by atoms with Gasteiger partial charge in [0.25, 0.3) is 0 Å². The number of alkyl halides is 3. The Morgan fingerprint density at radius 3 is 2.73 bits per heavy atom. The fraction of sp³-hybridized carbons (Fsp3) is 0.429. The van der Waals surface area contributed by atoms with Gasteiger partial charge in [-0.1, -0.05) is 18.2 Å². The topological polar surface area (TPSA) is 52.7 Å². The Hall–Kier alpha value is -2.09. The molecule has 0 radical (unpaired) electrons.